The van der Waals surface area contributed by atoms with Gasteiger partial charge in [0, 0.05) is 18.1 Å². The first-order chi connectivity index (χ1) is 5.83. The third-order valence-corrected chi connectivity index (χ3v) is 1.86. The number of nitrogens with two attached hydrogens (primary N) is 1. The number of nitrogen functional groups attached to an aromatic ring is 1. The molecule has 2 rings (SSSR count). The number of nitrogens with zero attached hydrogens (tertiary/aromatic N) is 2. The summed E-state index contributed by atoms with van der Waals surface area (Å²) in [5.74, 6) is 0. The number of aromatic nitrogens is 2. The van der Waals surface area contributed by atoms with Gasteiger partial charge in [-0.2, -0.15) is 9.89 Å². The van der Waals surface area contributed by atoms with E-state index < -0.39 is 0 Å². The first-order valence-corrected chi connectivity index (χ1v) is 3.73. The van der Waals surface area contributed by atoms with Crippen LogP contribution in [0.3, 0.4) is 0 Å². The molecule has 2 aromatic rings. The van der Waals surface area contributed by atoms with E-state index in [0.717, 1.165) is 16.6 Å². The van der Waals surface area contributed by atoms with Gasteiger partial charge < -0.3 is 11.2 Å². The second kappa shape index (κ2) is 2.41. The summed E-state index contributed by atoms with van der Waals surface area (Å²) in [6.45, 7) is 0. The van der Waals surface area contributed by atoms with Crippen LogP contribution in [0.5, 0.6) is 0 Å². The van der Waals surface area contributed by atoms with Gasteiger partial charge in [-0.3, -0.25) is 0 Å². The first kappa shape index (κ1) is 6.97. The van der Waals surface area contributed by atoms with Crippen LogP contribution in [0.1, 0.15) is 0 Å². The molecule has 1 aromatic carbocycles. The largest absolute Gasteiger partial charge is 0.398 e. The highest BCUT2D eigenvalue weighted by molar-refractivity contribution is 5.90. The number of fused-ring (bicyclic) bond motifs is 1. The Kier molecular flexibility index (Phi) is 1.40. The number of anilines is 1. The Morgan fingerprint density at radius 1 is 1.50 bits per heavy atom. The highest BCUT2D eigenvalue weighted by Gasteiger charge is 2.01. The molecular weight excluding hydrogens is 152 g/mol. The van der Waals surface area contributed by atoms with Crippen molar-refractivity contribution in [2.75, 3.05) is 18.2 Å². The predicted octanol–water partition coefficient (Wildman–Crippen LogP) is 0.792. The molecule has 12 heavy (non-hydrogen) atoms. The Labute approximate surface area is 69.9 Å². The van der Waals surface area contributed by atoms with E-state index in [-0.39, 0.29) is 0 Å². The van der Waals surface area contributed by atoms with Crippen molar-refractivity contribution < 1.29 is 0 Å². The van der Waals surface area contributed by atoms with Crippen molar-refractivity contribution in [2.45, 2.75) is 0 Å². The molecule has 0 aliphatic carbocycles. The van der Waals surface area contributed by atoms with E-state index in [0.29, 0.717) is 0 Å². The zero-order valence-electron chi connectivity index (χ0n) is 6.78. The zero-order chi connectivity index (χ0) is 8.55. The van der Waals surface area contributed by atoms with E-state index in [1.807, 2.05) is 25.2 Å². The van der Waals surface area contributed by atoms with Gasteiger partial charge in [0.15, 0.2) is 0 Å². The van der Waals surface area contributed by atoms with Crippen LogP contribution in [0.15, 0.2) is 24.4 Å². The molecule has 1 heterocycles. The van der Waals surface area contributed by atoms with Crippen LogP contribution in [-0.4, -0.2) is 16.9 Å². The number of hydrogen-bond donors (Lipinski definition) is 2. The molecule has 0 aliphatic rings. The molecular formula is C8H10N4. The van der Waals surface area contributed by atoms with E-state index in [1.54, 1.807) is 11.0 Å². The average molecular weight is 162 g/mol. The molecule has 0 atom stereocenters. The van der Waals surface area contributed by atoms with E-state index in [4.69, 9.17) is 5.73 Å². The average Bonchev–Trinajstić information content (AvgIpc) is 2.49. The minimum absolute atomic E-state index is 0.758. The number of hydrogen-bond acceptors (Lipinski definition) is 3. The molecule has 62 valence electrons. The molecule has 3 N–H and O–H groups in total. The summed E-state index contributed by atoms with van der Waals surface area (Å²) < 4.78 is 0. The van der Waals surface area contributed by atoms with Gasteiger partial charge >= 0.3 is 0 Å². The van der Waals surface area contributed by atoms with Crippen molar-refractivity contribution >= 4 is 16.6 Å². The highest BCUT2D eigenvalue weighted by atomic mass is 15.5. The summed E-state index contributed by atoms with van der Waals surface area (Å²) in [5.41, 5.74) is 10.4. The summed E-state index contributed by atoms with van der Waals surface area (Å²) in [6, 6.07) is 5.74. The molecule has 4 nitrogen and oxygen atoms in total. The standard InChI is InChI=1S/C8H10N4/c1-10-12-8-4-2-3-7(9)6(8)5-11-12/h2-5,10H,9H2,1H3. The van der Waals surface area contributed by atoms with Crippen molar-refractivity contribution in [3.63, 3.8) is 0 Å². The Hall–Kier alpha value is -1.71. The zero-order valence-corrected chi connectivity index (χ0v) is 6.78. The number of nitrogens with one attached hydrogen (secondary N) is 1. The summed E-state index contributed by atoms with van der Waals surface area (Å²) in [7, 11) is 1.82. The summed E-state index contributed by atoms with van der Waals surface area (Å²) in [6.07, 6.45) is 1.75. The van der Waals surface area contributed by atoms with Gasteiger partial charge in [-0.25, -0.2) is 0 Å². The van der Waals surface area contributed by atoms with Crippen molar-refractivity contribution in [3.05, 3.63) is 24.4 Å². The summed E-state index contributed by atoms with van der Waals surface area (Å²) in [5, 5.41) is 5.08. The summed E-state index contributed by atoms with van der Waals surface area (Å²) in [4.78, 5) is 1.69. The monoisotopic (exact) mass is 162 g/mol. The molecule has 1 aromatic heterocycles. The van der Waals surface area contributed by atoms with Crippen molar-refractivity contribution in [2.24, 2.45) is 0 Å². The number of rotatable bonds is 1. The van der Waals surface area contributed by atoms with Gasteiger partial charge in [0.1, 0.15) is 0 Å². The topological polar surface area (TPSA) is 55.9 Å². The quantitative estimate of drug-likeness (QED) is 0.609. The van der Waals surface area contributed by atoms with Crippen LogP contribution in [0.4, 0.5) is 5.69 Å². The maximum absolute atomic E-state index is 5.74. The van der Waals surface area contributed by atoms with Crippen LogP contribution in [-0.2, 0) is 0 Å². The fourth-order valence-electron chi connectivity index (χ4n) is 1.25. The van der Waals surface area contributed by atoms with Gasteiger partial charge in [-0.1, -0.05) is 6.07 Å². The fraction of sp³-hybridized carbons (Fsp3) is 0.125. The van der Waals surface area contributed by atoms with Gasteiger partial charge in [-0.05, 0) is 12.1 Å². The van der Waals surface area contributed by atoms with Gasteiger partial charge in [0.05, 0.1) is 11.7 Å². The minimum Gasteiger partial charge on any atom is -0.398 e. The van der Waals surface area contributed by atoms with Crippen LogP contribution in [0.25, 0.3) is 10.9 Å². The second-order valence-electron chi connectivity index (χ2n) is 2.56. The van der Waals surface area contributed by atoms with Crippen LogP contribution < -0.4 is 11.2 Å². The van der Waals surface area contributed by atoms with Crippen molar-refractivity contribution in [3.8, 4) is 0 Å². The normalized spacial score (nSPS) is 10.4. The maximum atomic E-state index is 5.74. The lowest BCUT2D eigenvalue weighted by Crippen LogP contribution is -2.09. The van der Waals surface area contributed by atoms with E-state index in [1.165, 1.54) is 0 Å². The third-order valence-electron chi connectivity index (χ3n) is 1.86. The first-order valence-electron chi connectivity index (χ1n) is 3.73. The predicted molar refractivity (Wildman–Crippen MR) is 49.4 cm³/mol. The van der Waals surface area contributed by atoms with E-state index in [2.05, 4.69) is 10.5 Å². The fourth-order valence-corrected chi connectivity index (χ4v) is 1.25. The maximum Gasteiger partial charge on any atom is 0.0939 e. The molecule has 0 unspecified atom stereocenters. The smallest absolute Gasteiger partial charge is 0.0939 e. The molecule has 4 heteroatoms. The van der Waals surface area contributed by atoms with Gasteiger partial charge in [-0.15, -0.1) is 0 Å². The van der Waals surface area contributed by atoms with Crippen molar-refractivity contribution in [1.29, 1.82) is 0 Å². The minimum atomic E-state index is 0.758. The molecule has 0 radical (unpaired) electrons. The Morgan fingerprint density at radius 2 is 2.33 bits per heavy atom. The third kappa shape index (κ3) is 0.812. The summed E-state index contributed by atoms with van der Waals surface area (Å²) >= 11 is 0. The Balaban J connectivity index is 2.80. The molecule has 0 saturated carbocycles. The molecule has 0 aliphatic heterocycles. The highest BCUT2D eigenvalue weighted by Crippen LogP contribution is 2.18. The van der Waals surface area contributed by atoms with Crippen molar-refractivity contribution in [1.82, 2.24) is 9.89 Å². The van der Waals surface area contributed by atoms with Crippen LogP contribution in [0.2, 0.25) is 0 Å². The van der Waals surface area contributed by atoms with E-state index >= 15 is 0 Å². The Morgan fingerprint density at radius 3 is 3.08 bits per heavy atom. The SMILES string of the molecule is CNn1ncc2c(N)cccc21. The molecule has 0 saturated heterocycles. The van der Waals surface area contributed by atoms with E-state index in [9.17, 15) is 0 Å². The lowest BCUT2D eigenvalue weighted by molar-refractivity contribution is 0.810. The van der Waals surface area contributed by atoms with Crippen LogP contribution >= 0.6 is 0 Å². The molecule has 0 amide bonds. The lowest BCUT2D eigenvalue weighted by Gasteiger charge is -2.00. The number of benzene rings is 1. The Bertz CT molecular complexity index is 404. The second-order valence-corrected chi connectivity index (χ2v) is 2.56. The molecule has 0 spiro atoms. The van der Waals surface area contributed by atoms with Crippen LogP contribution in [0, 0.1) is 0 Å². The molecule has 0 bridgehead atoms. The van der Waals surface area contributed by atoms with Gasteiger partial charge in [0.2, 0.25) is 0 Å². The molecule has 0 fully saturated rings. The van der Waals surface area contributed by atoms with Gasteiger partial charge in [0.25, 0.3) is 0 Å². The lowest BCUT2D eigenvalue weighted by atomic mass is 10.2.